The van der Waals surface area contributed by atoms with E-state index in [0.717, 1.165) is 22.9 Å². The molecular formula is C26H28BrN3O5. The zero-order valence-electron chi connectivity index (χ0n) is 20.0. The van der Waals surface area contributed by atoms with Gasteiger partial charge in [0.05, 0.1) is 31.3 Å². The highest BCUT2D eigenvalue weighted by Gasteiger charge is 2.15. The number of allylic oxidation sites excluding steroid dienone is 1. The van der Waals surface area contributed by atoms with Crippen molar-refractivity contribution >= 4 is 39.0 Å². The van der Waals surface area contributed by atoms with Crippen molar-refractivity contribution in [1.82, 2.24) is 9.66 Å². The second-order valence-corrected chi connectivity index (χ2v) is 8.64. The first-order chi connectivity index (χ1) is 16.9. The number of halogens is 1. The fourth-order valence-electron chi connectivity index (χ4n) is 3.51. The molecule has 0 radical (unpaired) electrons. The number of unbranched alkanes of at least 4 members (excludes halogenated alkanes) is 1. The van der Waals surface area contributed by atoms with E-state index >= 15 is 0 Å². The molecule has 2 aromatic carbocycles. The number of carbonyl (C=O) groups excluding carboxylic acids is 1. The van der Waals surface area contributed by atoms with E-state index in [1.54, 1.807) is 24.4 Å². The number of ether oxygens (including phenoxy) is 3. The van der Waals surface area contributed by atoms with Gasteiger partial charge in [-0.25, -0.2) is 9.78 Å². The van der Waals surface area contributed by atoms with Gasteiger partial charge in [0.15, 0.2) is 18.1 Å². The Hall–Kier alpha value is -3.46. The van der Waals surface area contributed by atoms with Crippen molar-refractivity contribution in [2.75, 3.05) is 20.8 Å². The molecule has 0 fully saturated rings. The first-order valence-electron chi connectivity index (χ1n) is 11.2. The lowest BCUT2D eigenvalue weighted by Crippen LogP contribution is -2.22. The minimum Gasteiger partial charge on any atom is -0.493 e. The highest BCUT2D eigenvalue weighted by Crippen LogP contribution is 2.33. The Morgan fingerprint density at radius 3 is 2.74 bits per heavy atom. The predicted octanol–water partition coefficient (Wildman–Crippen LogP) is 4.67. The fourth-order valence-corrected chi connectivity index (χ4v) is 3.87. The Balaban J connectivity index is 2.07. The van der Waals surface area contributed by atoms with Crippen molar-refractivity contribution in [1.29, 1.82) is 0 Å². The van der Waals surface area contributed by atoms with E-state index in [1.807, 2.05) is 18.2 Å². The van der Waals surface area contributed by atoms with Gasteiger partial charge in [0.25, 0.3) is 5.56 Å². The maximum absolute atomic E-state index is 13.3. The predicted molar refractivity (Wildman–Crippen MR) is 140 cm³/mol. The third-order valence-electron chi connectivity index (χ3n) is 5.25. The summed E-state index contributed by atoms with van der Waals surface area (Å²) in [6.07, 6.45) is 6.25. The molecular weight excluding hydrogens is 514 g/mol. The van der Waals surface area contributed by atoms with Gasteiger partial charge in [-0.1, -0.05) is 35.4 Å². The molecule has 8 nitrogen and oxygen atoms in total. The molecule has 0 unspecified atom stereocenters. The molecule has 1 aromatic heterocycles. The van der Waals surface area contributed by atoms with Crippen molar-refractivity contribution in [2.45, 2.75) is 32.6 Å². The van der Waals surface area contributed by atoms with E-state index in [1.165, 1.54) is 18.9 Å². The van der Waals surface area contributed by atoms with Gasteiger partial charge >= 0.3 is 5.97 Å². The summed E-state index contributed by atoms with van der Waals surface area (Å²) in [6.45, 7) is 5.63. The van der Waals surface area contributed by atoms with E-state index in [9.17, 15) is 9.59 Å². The second-order valence-electron chi connectivity index (χ2n) is 7.72. The summed E-state index contributed by atoms with van der Waals surface area (Å²) < 4.78 is 18.0. The van der Waals surface area contributed by atoms with Crippen LogP contribution in [-0.4, -0.2) is 42.7 Å². The summed E-state index contributed by atoms with van der Waals surface area (Å²) in [5.74, 6) is 0.942. The Bertz CT molecular complexity index is 1320. The van der Waals surface area contributed by atoms with Gasteiger partial charge in [-0.3, -0.25) is 4.79 Å². The zero-order chi connectivity index (χ0) is 25.4. The highest BCUT2D eigenvalue weighted by atomic mass is 79.9. The smallest absolute Gasteiger partial charge is 0.343 e. The number of aromatic nitrogens is 2. The zero-order valence-corrected chi connectivity index (χ0v) is 21.6. The quantitative estimate of drug-likeness (QED) is 0.199. The molecule has 3 aromatic rings. The molecule has 0 saturated heterocycles. The average molecular weight is 542 g/mol. The summed E-state index contributed by atoms with van der Waals surface area (Å²) in [4.78, 5) is 29.6. The summed E-state index contributed by atoms with van der Waals surface area (Å²) in [5, 5.41) is 4.99. The van der Waals surface area contributed by atoms with Crippen LogP contribution < -0.4 is 15.0 Å². The van der Waals surface area contributed by atoms with Gasteiger partial charge in [0.2, 0.25) is 0 Å². The number of benzene rings is 2. The number of esters is 1. The van der Waals surface area contributed by atoms with Crippen molar-refractivity contribution in [3.63, 3.8) is 0 Å². The maximum atomic E-state index is 13.3. The maximum Gasteiger partial charge on any atom is 0.343 e. The van der Waals surface area contributed by atoms with Crippen LogP contribution in [0.5, 0.6) is 11.5 Å². The number of methoxy groups -OCH3 is 2. The summed E-state index contributed by atoms with van der Waals surface area (Å²) in [6, 6.07) is 9.01. The summed E-state index contributed by atoms with van der Waals surface area (Å²) >= 11 is 3.42. The second kappa shape index (κ2) is 12.3. The van der Waals surface area contributed by atoms with E-state index in [0.29, 0.717) is 46.6 Å². The lowest BCUT2D eigenvalue weighted by Gasteiger charge is -2.15. The number of aryl methyl sites for hydroxylation is 1. The number of fused-ring (bicyclic) bond motifs is 1. The van der Waals surface area contributed by atoms with Gasteiger partial charge in [0.1, 0.15) is 5.82 Å². The first kappa shape index (κ1) is 26.2. The van der Waals surface area contributed by atoms with Crippen molar-refractivity contribution in [3.8, 4) is 11.5 Å². The Kier molecular flexibility index (Phi) is 9.19. The molecule has 3 rings (SSSR count). The van der Waals surface area contributed by atoms with Gasteiger partial charge < -0.3 is 14.2 Å². The number of hydrogen-bond acceptors (Lipinski definition) is 7. The number of rotatable bonds is 11. The highest BCUT2D eigenvalue weighted by molar-refractivity contribution is 9.10. The lowest BCUT2D eigenvalue weighted by molar-refractivity contribution is -0.142. The normalized spacial score (nSPS) is 11.1. The molecule has 0 spiro atoms. The van der Waals surface area contributed by atoms with Crippen LogP contribution in [0.4, 0.5) is 0 Å². The van der Waals surface area contributed by atoms with E-state index in [-0.39, 0.29) is 12.2 Å². The SMILES string of the molecule is C=CCc1cc(C=Nn2c(CCCC)nc3ccc(Br)cc3c2=O)cc(OC)c1OCC(=O)OC. The molecule has 0 N–H and O–H groups in total. The summed E-state index contributed by atoms with van der Waals surface area (Å²) in [5.41, 5.74) is 1.84. The van der Waals surface area contributed by atoms with Crippen LogP contribution in [0, 0.1) is 0 Å². The molecule has 0 aliphatic carbocycles. The minimum atomic E-state index is -0.503. The van der Waals surface area contributed by atoms with E-state index in [2.05, 4.69) is 39.3 Å². The number of nitrogens with zero attached hydrogens (tertiary/aromatic N) is 3. The van der Waals surface area contributed by atoms with Gasteiger partial charge in [-0.05, 0) is 48.7 Å². The van der Waals surface area contributed by atoms with Crippen molar-refractivity contribution in [3.05, 3.63) is 74.8 Å². The van der Waals surface area contributed by atoms with Crippen LogP contribution in [0.1, 0.15) is 36.7 Å². The van der Waals surface area contributed by atoms with Crippen LogP contribution in [-0.2, 0) is 22.4 Å². The van der Waals surface area contributed by atoms with Gasteiger partial charge in [-0.2, -0.15) is 9.78 Å². The monoisotopic (exact) mass is 541 g/mol. The van der Waals surface area contributed by atoms with Crippen LogP contribution in [0.25, 0.3) is 10.9 Å². The van der Waals surface area contributed by atoms with Crippen LogP contribution in [0.2, 0.25) is 0 Å². The largest absolute Gasteiger partial charge is 0.493 e. The van der Waals surface area contributed by atoms with Gasteiger partial charge in [-0.15, -0.1) is 6.58 Å². The molecule has 35 heavy (non-hydrogen) atoms. The topological polar surface area (TPSA) is 92.0 Å². The van der Waals surface area contributed by atoms with Crippen molar-refractivity contribution in [2.24, 2.45) is 5.10 Å². The fraction of sp³-hybridized carbons (Fsp3) is 0.308. The Morgan fingerprint density at radius 1 is 1.26 bits per heavy atom. The average Bonchev–Trinajstić information content (AvgIpc) is 2.86. The van der Waals surface area contributed by atoms with Gasteiger partial charge in [0, 0.05) is 16.5 Å². The molecule has 0 amide bonds. The van der Waals surface area contributed by atoms with E-state index in [4.69, 9.17) is 14.5 Å². The van der Waals surface area contributed by atoms with E-state index < -0.39 is 5.97 Å². The van der Waals surface area contributed by atoms with Crippen LogP contribution in [0.3, 0.4) is 0 Å². The molecule has 9 heteroatoms. The third-order valence-corrected chi connectivity index (χ3v) is 5.75. The molecule has 0 aliphatic heterocycles. The third kappa shape index (κ3) is 6.36. The molecule has 184 valence electrons. The number of hydrogen-bond donors (Lipinski definition) is 0. The number of carbonyl (C=O) groups is 1. The molecule has 0 saturated carbocycles. The minimum absolute atomic E-state index is 0.241. The molecule has 1 heterocycles. The Labute approximate surface area is 212 Å². The lowest BCUT2D eigenvalue weighted by atomic mass is 10.1. The van der Waals surface area contributed by atoms with Crippen molar-refractivity contribution < 1.29 is 19.0 Å². The molecule has 0 atom stereocenters. The van der Waals surface area contributed by atoms with Crippen LogP contribution >= 0.6 is 15.9 Å². The Morgan fingerprint density at radius 2 is 2.06 bits per heavy atom. The van der Waals surface area contributed by atoms with Crippen LogP contribution in [0.15, 0.2) is 57.4 Å². The molecule has 0 bridgehead atoms. The first-order valence-corrected chi connectivity index (χ1v) is 12.0. The molecule has 0 aliphatic rings. The standard InChI is InChI=1S/C26H28BrN3O5/c1-5-7-9-23-29-21-11-10-19(27)14-20(21)26(32)30(23)28-15-17-12-18(8-6-2)25(22(13-17)33-3)35-16-24(31)34-4/h6,10-15H,2,5,7-9,16H2,1,3-4H3. The summed E-state index contributed by atoms with van der Waals surface area (Å²) in [7, 11) is 2.81.